The topological polar surface area (TPSA) is 118 Å². The van der Waals surface area contributed by atoms with E-state index in [9.17, 15) is 14.7 Å². The average Bonchev–Trinajstić information content (AvgIpc) is 3.41. The quantitative estimate of drug-likeness (QED) is 0.271. The molecule has 2 N–H and O–H groups in total. The van der Waals surface area contributed by atoms with E-state index in [2.05, 4.69) is 4.98 Å². The van der Waals surface area contributed by atoms with Crippen LogP contribution in [0.5, 0.6) is 11.5 Å². The van der Waals surface area contributed by atoms with Crippen molar-refractivity contribution in [1.29, 1.82) is 5.41 Å². The fraction of sp³-hybridized carbons (Fsp3) is 0.448. The van der Waals surface area contributed by atoms with Crippen LogP contribution >= 0.6 is 17.0 Å². The van der Waals surface area contributed by atoms with Gasteiger partial charge in [0.15, 0.2) is 23.1 Å². The van der Waals surface area contributed by atoms with Gasteiger partial charge in [-0.3, -0.25) is 10.2 Å². The standard InChI is InChI=1S/C29H35FN4O5.BrH/c1-7-19(28(36)37)34-15-32-25-18(29(4,5)6)10-16(11-20(25)34)21(35)14-33-13-17-12-22(38-8-2)26(39-9-3)24(30)23(17)27(33)31;/h10-12,15,19,31H,7-9,13-14H2,1-6H3,(H,36,37);1H. The van der Waals surface area contributed by atoms with Crippen molar-refractivity contribution in [2.75, 3.05) is 19.8 Å². The van der Waals surface area contributed by atoms with Crippen LogP contribution in [0.4, 0.5) is 4.39 Å². The number of rotatable bonds is 10. The predicted octanol–water partition coefficient (Wildman–Crippen LogP) is 5.91. The Labute approximate surface area is 243 Å². The number of carbonyl (C=O) groups excluding carboxylic acids is 1. The van der Waals surface area contributed by atoms with Crippen molar-refractivity contribution in [1.82, 2.24) is 14.5 Å². The second kappa shape index (κ2) is 12.0. The second-order valence-corrected chi connectivity index (χ2v) is 10.6. The smallest absolute Gasteiger partial charge is 0.326 e. The number of hydrogen-bond donors (Lipinski definition) is 2. The first-order chi connectivity index (χ1) is 18.4. The number of ether oxygens (including phenoxy) is 2. The van der Waals surface area contributed by atoms with Gasteiger partial charge in [-0.25, -0.2) is 14.2 Å². The lowest BCUT2D eigenvalue weighted by atomic mass is 9.84. The van der Waals surface area contributed by atoms with Crippen LogP contribution in [0.15, 0.2) is 24.5 Å². The minimum Gasteiger partial charge on any atom is -0.490 e. The van der Waals surface area contributed by atoms with E-state index in [1.165, 1.54) is 11.2 Å². The Kier molecular flexibility index (Phi) is 9.28. The molecule has 1 aromatic heterocycles. The number of ketones is 1. The van der Waals surface area contributed by atoms with Gasteiger partial charge >= 0.3 is 5.97 Å². The Bertz CT molecular complexity index is 1460. The maximum Gasteiger partial charge on any atom is 0.326 e. The minimum atomic E-state index is -0.978. The first-order valence-electron chi connectivity index (χ1n) is 13.1. The number of benzene rings is 2. The van der Waals surface area contributed by atoms with Crippen molar-refractivity contribution in [2.45, 2.75) is 66.0 Å². The lowest BCUT2D eigenvalue weighted by molar-refractivity contribution is -0.140. The zero-order valence-electron chi connectivity index (χ0n) is 23.6. The fourth-order valence-electron chi connectivity index (χ4n) is 5.03. The number of nitrogens with zero attached hydrogens (tertiary/aromatic N) is 3. The minimum absolute atomic E-state index is 0. The number of hydrogen-bond acceptors (Lipinski definition) is 6. The van der Waals surface area contributed by atoms with Crippen LogP contribution in [0.25, 0.3) is 11.0 Å². The highest BCUT2D eigenvalue weighted by atomic mass is 79.9. The van der Waals surface area contributed by atoms with Gasteiger partial charge in [-0.2, -0.15) is 0 Å². The molecule has 1 atom stereocenters. The number of carboxylic acid groups (broad SMARTS) is 1. The summed E-state index contributed by atoms with van der Waals surface area (Å²) >= 11 is 0. The molecule has 9 nitrogen and oxygen atoms in total. The summed E-state index contributed by atoms with van der Waals surface area (Å²) in [5.41, 5.74) is 2.69. The molecule has 40 heavy (non-hydrogen) atoms. The third kappa shape index (κ3) is 5.56. The van der Waals surface area contributed by atoms with Gasteiger partial charge in [-0.05, 0) is 55.0 Å². The van der Waals surface area contributed by atoms with E-state index in [0.717, 1.165) is 5.56 Å². The fourth-order valence-corrected chi connectivity index (χ4v) is 5.03. The molecular formula is C29H36BrFN4O5. The number of imidazole rings is 1. The summed E-state index contributed by atoms with van der Waals surface area (Å²) in [6.07, 6.45) is 1.87. The van der Waals surface area contributed by atoms with Gasteiger partial charge in [-0.1, -0.05) is 27.7 Å². The van der Waals surface area contributed by atoms with E-state index in [0.29, 0.717) is 35.2 Å². The Morgan fingerprint density at radius 2 is 1.82 bits per heavy atom. The zero-order valence-corrected chi connectivity index (χ0v) is 25.3. The molecular weight excluding hydrogens is 583 g/mol. The third-order valence-corrected chi connectivity index (χ3v) is 6.92. The monoisotopic (exact) mass is 618 g/mol. The molecule has 1 aliphatic rings. The molecule has 3 aromatic rings. The first kappa shape index (κ1) is 31.1. The van der Waals surface area contributed by atoms with E-state index < -0.39 is 17.8 Å². The van der Waals surface area contributed by atoms with Gasteiger partial charge in [-0.15, -0.1) is 17.0 Å². The highest BCUT2D eigenvalue weighted by Gasteiger charge is 2.34. The van der Waals surface area contributed by atoms with Crippen LogP contribution in [0.2, 0.25) is 0 Å². The molecule has 0 radical (unpaired) electrons. The molecule has 2 aromatic carbocycles. The maximum atomic E-state index is 15.5. The Morgan fingerprint density at radius 3 is 2.40 bits per heavy atom. The number of halogens is 2. The van der Waals surface area contributed by atoms with Crippen molar-refractivity contribution < 1.29 is 28.6 Å². The van der Waals surface area contributed by atoms with Crippen LogP contribution in [0.1, 0.15) is 81.1 Å². The van der Waals surface area contributed by atoms with Crippen LogP contribution in [0, 0.1) is 11.2 Å². The highest BCUT2D eigenvalue weighted by Crippen LogP contribution is 2.39. The highest BCUT2D eigenvalue weighted by molar-refractivity contribution is 8.93. The number of aliphatic carboxylic acids is 1. The van der Waals surface area contributed by atoms with Crippen LogP contribution < -0.4 is 9.47 Å². The Morgan fingerprint density at radius 1 is 1.15 bits per heavy atom. The summed E-state index contributed by atoms with van der Waals surface area (Å²) in [5, 5.41) is 18.4. The van der Waals surface area contributed by atoms with E-state index in [1.54, 1.807) is 43.5 Å². The van der Waals surface area contributed by atoms with Gasteiger partial charge in [0.1, 0.15) is 11.9 Å². The van der Waals surface area contributed by atoms with Crippen molar-refractivity contribution in [3.63, 3.8) is 0 Å². The lowest BCUT2D eigenvalue weighted by Gasteiger charge is -2.22. The van der Waals surface area contributed by atoms with Gasteiger partial charge < -0.3 is 24.0 Å². The molecule has 0 amide bonds. The molecule has 4 rings (SSSR count). The summed E-state index contributed by atoms with van der Waals surface area (Å²) in [7, 11) is 0. The molecule has 11 heteroatoms. The molecule has 1 aliphatic heterocycles. The Hall–Kier alpha value is -3.47. The summed E-state index contributed by atoms with van der Waals surface area (Å²) in [6, 6.07) is 4.30. The zero-order chi connectivity index (χ0) is 28.6. The van der Waals surface area contributed by atoms with E-state index >= 15 is 4.39 Å². The second-order valence-electron chi connectivity index (χ2n) is 10.6. The number of carbonyl (C=O) groups is 2. The normalized spacial score (nSPS) is 13.7. The van der Waals surface area contributed by atoms with Crippen molar-refractivity contribution in [3.8, 4) is 11.5 Å². The molecule has 0 bridgehead atoms. The molecule has 0 saturated heterocycles. The average molecular weight is 620 g/mol. The largest absolute Gasteiger partial charge is 0.490 e. The molecule has 2 heterocycles. The SMILES string of the molecule is Br.CCOc1cc2c(c(F)c1OCC)C(=N)N(CC(=O)c1cc(C(C)(C)C)c3ncn(C(CC)C(=O)O)c3c1)C2. The molecule has 0 saturated carbocycles. The molecule has 0 fully saturated rings. The summed E-state index contributed by atoms with van der Waals surface area (Å²) < 4.78 is 28.1. The molecule has 0 aliphatic carbocycles. The summed E-state index contributed by atoms with van der Waals surface area (Å²) in [5.74, 6) is -1.78. The first-order valence-corrected chi connectivity index (χ1v) is 13.1. The summed E-state index contributed by atoms with van der Waals surface area (Å²) in [6.45, 7) is 11.9. The van der Waals surface area contributed by atoms with Crippen LogP contribution in [-0.4, -0.2) is 56.9 Å². The predicted molar refractivity (Wildman–Crippen MR) is 156 cm³/mol. The maximum absolute atomic E-state index is 15.5. The van der Waals surface area contributed by atoms with Crippen LogP contribution in [-0.2, 0) is 16.8 Å². The third-order valence-electron chi connectivity index (χ3n) is 6.92. The Balaban J connectivity index is 0.00000441. The number of nitrogens with one attached hydrogen (secondary N) is 1. The van der Waals surface area contributed by atoms with Crippen molar-refractivity contribution >= 4 is 45.6 Å². The van der Waals surface area contributed by atoms with Gasteiger partial charge in [0.2, 0.25) is 0 Å². The van der Waals surface area contributed by atoms with E-state index in [-0.39, 0.29) is 70.8 Å². The van der Waals surface area contributed by atoms with Crippen LogP contribution in [0.3, 0.4) is 0 Å². The number of carboxylic acids is 1. The molecule has 0 spiro atoms. The van der Waals surface area contributed by atoms with E-state index in [1.807, 2.05) is 20.8 Å². The number of Topliss-reactive ketones (excluding diaryl/α,β-unsaturated/α-hetero) is 1. The van der Waals surface area contributed by atoms with Crippen molar-refractivity contribution in [3.05, 3.63) is 52.6 Å². The van der Waals surface area contributed by atoms with Gasteiger partial charge in [0, 0.05) is 12.1 Å². The number of aromatic nitrogens is 2. The molecule has 1 unspecified atom stereocenters. The summed E-state index contributed by atoms with van der Waals surface area (Å²) in [4.78, 5) is 31.6. The van der Waals surface area contributed by atoms with Crippen molar-refractivity contribution in [2.24, 2.45) is 0 Å². The number of amidine groups is 1. The molecule has 216 valence electrons. The van der Waals surface area contributed by atoms with Gasteiger partial charge in [0.05, 0.1) is 42.7 Å². The number of fused-ring (bicyclic) bond motifs is 2. The van der Waals surface area contributed by atoms with E-state index in [4.69, 9.17) is 14.9 Å². The van der Waals surface area contributed by atoms with Gasteiger partial charge in [0.25, 0.3) is 0 Å². The lowest BCUT2D eigenvalue weighted by Crippen LogP contribution is -2.30.